The van der Waals surface area contributed by atoms with E-state index >= 15 is 0 Å². The lowest BCUT2D eigenvalue weighted by Crippen LogP contribution is -3.06. The number of thiazole rings is 1. The molecule has 130 valence electrons. The fraction of sp³-hybridized carbons (Fsp3) is 0.263. The molecule has 0 saturated carbocycles. The Morgan fingerprint density at radius 2 is 2.04 bits per heavy atom. The highest BCUT2D eigenvalue weighted by atomic mass is 79.9. The summed E-state index contributed by atoms with van der Waals surface area (Å²) in [6, 6.07) is 13.7. The zero-order valence-electron chi connectivity index (χ0n) is 14.5. The molecule has 1 amide bonds. The van der Waals surface area contributed by atoms with Gasteiger partial charge in [0.15, 0.2) is 5.13 Å². The second kappa shape index (κ2) is 7.64. The average Bonchev–Trinajstić information content (AvgIpc) is 2.97. The lowest BCUT2D eigenvalue weighted by Gasteiger charge is -2.20. The van der Waals surface area contributed by atoms with Crippen molar-refractivity contribution >= 4 is 48.5 Å². The number of aromatic nitrogens is 1. The Bertz CT molecular complexity index is 907. The fourth-order valence-corrected chi connectivity index (χ4v) is 4.02. The van der Waals surface area contributed by atoms with Crippen LogP contribution in [-0.2, 0) is 0 Å². The van der Waals surface area contributed by atoms with Crippen LogP contribution in [0.4, 0.5) is 5.13 Å². The number of halogens is 1. The molecule has 2 aromatic carbocycles. The van der Waals surface area contributed by atoms with Gasteiger partial charge in [-0.25, -0.2) is 4.98 Å². The summed E-state index contributed by atoms with van der Waals surface area (Å²) in [5.74, 6) is -0.0154. The van der Waals surface area contributed by atoms with Crippen LogP contribution in [0.25, 0.3) is 10.2 Å². The quantitative estimate of drug-likeness (QED) is 0.690. The molecule has 0 aliphatic heterocycles. The van der Waals surface area contributed by atoms with Crippen LogP contribution in [0.3, 0.4) is 0 Å². The van der Waals surface area contributed by atoms with E-state index < -0.39 is 0 Å². The number of hydrogen-bond donors (Lipinski definition) is 1. The van der Waals surface area contributed by atoms with Crippen LogP contribution in [0.1, 0.15) is 15.9 Å². The molecular formula is C19H21BrN3OS+. The Kier molecular flexibility index (Phi) is 5.51. The van der Waals surface area contributed by atoms with Crippen LogP contribution in [-0.4, -0.2) is 38.1 Å². The van der Waals surface area contributed by atoms with E-state index in [1.54, 1.807) is 16.2 Å². The summed E-state index contributed by atoms with van der Waals surface area (Å²) in [7, 11) is 4.17. The molecule has 0 bridgehead atoms. The molecule has 0 atom stereocenters. The number of carbonyl (C=O) groups is 1. The van der Waals surface area contributed by atoms with E-state index in [4.69, 9.17) is 4.98 Å². The number of carbonyl (C=O) groups excluding carboxylic acids is 1. The van der Waals surface area contributed by atoms with Gasteiger partial charge in [0.2, 0.25) is 0 Å². The van der Waals surface area contributed by atoms with E-state index in [-0.39, 0.29) is 5.91 Å². The van der Waals surface area contributed by atoms with E-state index in [1.165, 1.54) is 10.5 Å². The number of fused-ring (bicyclic) bond motifs is 1. The molecule has 1 N–H and O–H groups in total. The van der Waals surface area contributed by atoms with Crippen LogP contribution < -0.4 is 9.80 Å². The Balaban J connectivity index is 1.99. The highest BCUT2D eigenvalue weighted by molar-refractivity contribution is 9.10. The van der Waals surface area contributed by atoms with Gasteiger partial charge in [0.25, 0.3) is 5.91 Å². The number of quaternary nitrogens is 1. The molecule has 1 heterocycles. The number of aryl methyl sites for hydroxylation is 1. The summed E-state index contributed by atoms with van der Waals surface area (Å²) in [5.41, 5.74) is 2.80. The number of hydrogen-bond acceptors (Lipinski definition) is 3. The molecule has 3 aromatic rings. The van der Waals surface area contributed by atoms with Crippen LogP contribution in [0.15, 0.2) is 46.9 Å². The van der Waals surface area contributed by atoms with Crippen LogP contribution in [0.5, 0.6) is 0 Å². The first-order valence-electron chi connectivity index (χ1n) is 8.17. The molecule has 4 nitrogen and oxygen atoms in total. The first-order valence-corrected chi connectivity index (χ1v) is 9.78. The molecule has 0 aliphatic rings. The number of amides is 1. The van der Waals surface area contributed by atoms with Crippen molar-refractivity contribution in [1.82, 2.24) is 4.98 Å². The third-order valence-corrected chi connectivity index (χ3v) is 5.45. The Morgan fingerprint density at radius 3 is 2.76 bits per heavy atom. The van der Waals surface area contributed by atoms with Gasteiger partial charge in [-0.2, -0.15) is 0 Å². The summed E-state index contributed by atoms with van der Waals surface area (Å²) >= 11 is 5.02. The molecule has 25 heavy (non-hydrogen) atoms. The summed E-state index contributed by atoms with van der Waals surface area (Å²) in [4.78, 5) is 20.9. The molecule has 0 radical (unpaired) electrons. The number of nitrogens with one attached hydrogen (secondary N) is 1. The summed E-state index contributed by atoms with van der Waals surface area (Å²) in [6.07, 6.45) is 0. The van der Waals surface area contributed by atoms with Gasteiger partial charge in [0.05, 0.1) is 37.4 Å². The van der Waals surface area contributed by atoms with Crippen molar-refractivity contribution in [3.63, 3.8) is 0 Å². The highest BCUT2D eigenvalue weighted by Crippen LogP contribution is 2.30. The lowest BCUT2D eigenvalue weighted by atomic mass is 10.2. The van der Waals surface area contributed by atoms with Gasteiger partial charge < -0.3 is 4.90 Å². The first kappa shape index (κ1) is 18.0. The topological polar surface area (TPSA) is 37.6 Å². The molecule has 0 unspecified atom stereocenters. The fourth-order valence-electron chi connectivity index (χ4n) is 2.53. The molecular weight excluding hydrogens is 398 g/mol. The van der Waals surface area contributed by atoms with Gasteiger partial charge in [-0.05, 0) is 42.8 Å². The number of nitrogens with zero attached hydrogens (tertiary/aromatic N) is 2. The molecule has 1 aromatic heterocycles. The second-order valence-corrected chi connectivity index (χ2v) is 8.32. The predicted octanol–water partition coefficient (Wildman–Crippen LogP) is 3.16. The molecule has 0 aliphatic carbocycles. The Morgan fingerprint density at radius 1 is 1.24 bits per heavy atom. The maximum Gasteiger partial charge on any atom is 0.260 e. The molecule has 6 heteroatoms. The van der Waals surface area contributed by atoms with Crippen molar-refractivity contribution < 1.29 is 9.69 Å². The highest BCUT2D eigenvalue weighted by Gasteiger charge is 2.22. The minimum absolute atomic E-state index is 0.0154. The normalized spacial score (nSPS) is 11.2. The van der Waals surface area contributed by atoms with Gasteiger partial charge in [-0.1, -0.05) is 39.4 Å². The van der Waals surface area contributed by atoms with Gasteiger partial charge in [0, 0.05) is 10.0 Å². The van der Waals surface area contributed by atoms with Crippen LogP contribution >= 0.6 is 27.3 Å². The Labute approximate surface area is 160 Å². The minimum atomic E-state index is -0.0154. The predicted molar refractivity (Wildman–Crippen MR) is 108 cm³/mol. The van der Waals surface area contributed by atoms with Crippen molar-refractivity contribution in [1.29, 1.82) is 0 Å². The van der Waals surface area contributed by atoms with E-state index in [0.29, 0.717) is 12.1 Å². The summed E-state index contributed by atoms with van der Waals surface area (Å²) < 4.78 is 2.01. The standard InChI is InChI=1S/C19H20BrN3OS/c1-13-7-8-16-17(11-13)25-19(21-16)23(10-9-22(2)3)18(24)14-5-4-6-15(20)12-14/h4-8,11-12H,9-10H2,1-3H3/p+1. The van der Waals surface area contributed by atoms with E-state index in [0.717, 1.165) is 26.4 Å². The third kappa shape index (κ3) is 4.26. The third-order valence-electron chi connectivity index (χ3n) is 3.92. The number of anilines is 1. The number of likely N-dealkylation sites (N-methyl/N-ethyl adjacent to an activating group) is 1. The number of rotatable bonds is 5. The van der Waals surface area contributed by atoms with E-state index in [1.807, 2.05) is 30.3 Å². The van der Waals surface area contributed by atoms with Crippen molar-refractivity contribution in [2.45, 2.75) is 6.92 Å². The van der Waals surface area contributed by atoms with Crippen molar-refractivity contribution in [3.05, 3.63) is 58.1 Å². The van der Waals surface area contributed by atoms with E-state index in [9.17, 15) is 4.79 Å². The molecule has 0 fully saturated rings. The lowest BCUT2D eigenvalue weighted by molar-refractivity contribution is -0.856. The van der Waals surface area contributed by atoms with Gasteiger partial charge >= 0.3 is 0 Å². The van der Waals surface area contributed by atoms with Gasteiger partial charge in [-0.15, -0.1) is 0 Å². The SMILES string of the molecule is Cc1ccc2nc(N(CC[NH+](C)C)C(=O)c3cccc(Br)c3)sc2c1. The summed E-state index contributed by atoms with van der Waals surface area (Å²) in [6.45, 7) is 3.56. The minimum Gasteiger partial charge on any atom is -0.338 e. The maximum absolute atomic E-state index is 13.1. The van der Waals surface area contributed by atoms with Crippen molar-refractivity contribution in [2.75, 3.05) is 32.1 Å². The largest absolute Gasteiger partial charge is 0.338 e. The Hall–Kier alpha value is -1.76. The monoisotopic (exact) mass is 418 g/mol. The molecule has 3 rings (SSSR count). The first-order chi connectivity index (χ1) is 11.9. The second-order valence-electron chi connectivity index (χ2n) is 6.39. The maximum atomic E-state index is 13.1. The summed E-state index contributed by atoms with van der Waals surface area (Å²) in [5, 5.41) is 0.756. The van der Waals surface area contributed by atoms with Gasteiger partial charge in [-0.3, -0.25) is 9.69 Å². The molecule has 0 spiro atoms. The van der Waals surface area contributed by atoms with Crippen LogP contribution in [0.2, 0.25) is 0 Å². The van der Waals surface area contributed by atoms with Gasteiger partial charge in [0.1, 0.15) is 0 Å². The zero-order valence-corrected chi connectivity index (χ0v) is 16.9. The van der Waals surface area contributed by atoms with Crippen LogP contribution in [0, 0.1) is 6.92 Å². The molecule has 0 saturated heterocycles. The zero-order chi connectivity index (χ0) is 18.0. The average molecular weight is 419 g/mol. The number of benzene rings is 2. The van der Waals surface area contributed by atoms with Crippen molar-refractivity contribution in [2.24, 2.45) is 0 Å². The smallest absolute Gasteiger partial charge is 0.260 e. The van der Waals surface area contributed by atoms with E-state index in [2.05, 4.69) is 49.1 Å². The van der Waals surface area contributed by atoms with Crippen molar-refractivity contribution in [3.8, 4) is 0 Å².